The van der Waals surface area contributed by atoms with Gasteiger partial charge in [-0.05, 0) is 35.4 Å². The van der Waals surface area contributed by atoms with E-state index in [1.807, 2.05) is 49.8 Å². The van der Waals surface area contributed by atoms with Crippen molar-refractivity contribution in [2.75, 3.05) is 7.11 Å². The molecule has 0 amide bonds. The number of nitrogens with one attached hydrogen (secondary N) is 1. The maximum Gasteiger partial charge on any atom is 0.161 e. The Labute approximate surface area is 147 Å². The van der Waals surface area contributed by atoms with Crippen LogP contribution >= 0.6 is 0 Å². The van der Waals surface area contributed by atoms with Gasteiger partial charge < -0.3 is 14.8 Å². The molecule has 25 heavy (non-hydrogen) atoms. The summed E-state index contributed by atoms with van der Waals surface area (Å²) in [6.45, 7) is 2.00. The average Bonchev–Trinajstić information content (AvgIpc) is 3.06. The van der Waals surface area contributed by atoms with E-state index in [-0.39, 0.29) is 0 Å². The van der Waals surface area contributed by atoms with Crippen molar-refractivity contribution in [2.45, 2.75) is 19.7 Å². The van der Waals surface area contributed by atoms with Crippen LogP contribution in [-0.4, -0.2) is 21.9 Å². The number of hydrogen-bond donors (Lipinski definition) is 1. The van der Waals surface area contributed by atoms with Gasteiger partial charge in [-0.2, -0.15) is 5.10 Å². The highest BCUT2D eigenvalue weighted by Crippen LogP contribution is 2.28. The molecule has 6 heteroatoms. The van der Waals surface area contributed by atoms with Gasteiger partial charge in [0.25, 0.3) is 0 Å². The predicted molar refractivity (Wildman–Crippen MR) is 95.3 cm³/mol. The summed E-state index contributed by atoms with van der Waals surface area (Å²) in [7, 11) is 3.57. The summed E-state index contributed by atoms with van der Waals surface area (Å²) < 4.78 is 13.1. The third kappa shape index (κ3) is 4.81. The standard InChI is InChI=1S/C19H22N4O2/c1-23-13-17(12-22-23)11-21-10-16-3-4-18(19(9-16)24-2)25-14-15-5-7-20-8-6-15/h3-9,12-13,21H,10-11,14H2,1-2H3. The molecule has 0 spiro atoms. The molecule has 1 N–H and O–H groups in total. The lowest BCUT2D eigenvalue weighted by Crippen LogP contribution is -2.12. The Kier molecular flexibility index (Phi) is 5.64. The molecule has 0 radical (unpaired) electrons. The summed E-state index contributed by atoms with van der Waals surface area (Å²) >= 11 is 0. The van der Waals surface area contributed by atoms with Crippen LogP contribution in [0.4, 0.5) is 0 Å². The first kappa shape index (κ1) is 17.0. The number of aromatic nitrogens is 3. The normalized spacial score (nSPS) is 10.6. The van der Waals surface area contributed by atoms with Gasteiger partial charge in [0.1, 0.15) is 6.61 Å². The minimum Gasteiger partial charge on any atom is -0.493 e. The van der Waals surface area contributed by atoms with Crippen molar-refractivity contribution < 1.29 is 9.47 Å². The fraction of sp³-hybridized carbons (Fsp3) is 0.263. The molecule has 3 rings (SSSR count). The molecule has 130 valence electrons. The summed E-state index contributed by atoms with van der Waals surface area (Å²) in [6, 6.07) is 9.85. The number of pyridine rings is 1. The van der Waals surface area contributed by atoms with Gasteiger partial charge >= 0.3 is 0 Å². The maximum absolute atomic E-state index is 5.86. The van der Waals surface area contributed by atoms with Crippen LogP contribution in [-0.2, 0) is 26.7 Å². The molecule has 6 nitrogen and oxygen atoms in total. The highest BCUT2D eigenvalue weighted by atomic mass is 16.5. The van der Waals surface area contributed by atoms with Gasteiger partial charge in [-0.15, -0.1) is 0 Å². The van der Waals surface area contributed by atoms with E-state index in [2.05, 4.69) is 15.4 Å². The summed E-state index contributed by atoms with van der Waals surface area (Å²) in [6.07, 6.45) is 7.38. The number of nitrogens with zero attached hydrogens (tertiary/aromatic N) is 3. The Hall–Kier alpha value is -2.86. The summed E-state index contributed by atoms with van der Waals surface area (Å²) in [5.41, 5.74) is 3.36. The van der Waals surface area contributed by atoms with Crippen molar-refractivity contribution in [1.82, 2.24) is 20.1 Å². The van der Waals surface area contributed by atoms with Gasteiger partial charge in [0.15, 0.2) is 11.5 Å². The van der Waals surface area contributed by atoms with Crippen LogP contribution in [0.15, 0.2) is 55.1 Å². The Balaban J connectivity index is 1.57. The molecule has 3 aromatic rings. The lowest BCUT2D eigenvalue weighted by Gasteiger charge is -2.12. The molecule has 0 unspecified atom stereocenters. The molecule has 1 aromatic carbocycles. The molecule has 0 saturated carbocycles. The molecule has 0 atom stereocenters. The predicted octanol–water partition coefficient (Wildman–Crippen LogP) is 2.69. The summed E-state index contributed by atoms with van der Waals surface area (Å²) in [5, 5.41) is 7.57. The first-order valence-electron chi connectivity index (χ1n) is 8.11. The second-order valence-corrected chi connectivity index (χ2v) is 5.76. The van der Waals surface area contributed by atoms with E-state index in [9.17, 15) is 0 Å². The number of aryl methyl sites for hydroxylation is 1. The first-order chi connectivity index (χ1) is 12.2. The second-order valence-electron chi connectivity index (χ2n) is 5.76. The highest BCUT2D eigenvalue weighted by molar-refractivity contribution is 5.43. The third-order valence-corrected chi connectivity index (χ3v) is 3.79. The third-order valence-electron chi connectivity index (χ3n) is 3.79. The average molecular weight is 338 g/mol. The fourth-order valence-corrected chi connectivity index (χ4v) is 2.50. The van der Waals surface area contributed by atoms with E-state index >= 15 is 0 Å². The molecule has 0 saturated heterocycles. The largest absolute Gasteiger partial charge is 0.493 e. The number of rotatable bonds is 8. The molecular formula is C19H22N4O2. The molecular weight excluding hydrogens is 316 g/mol. The monoisotopic (exact) mass is 338 g/mol. The van der Waals surface area contributed by atoms with Gasteiger partial charge in [-0.1, -0.05) is 6.07 Å². The second kappa shape index (κ2) is 8.30. The van der Waals surface area contributed by atoms with Gasteiger partial charge in [0, 0.05) is 44.3 Å². The van der Waals surface area contributed by atoms with Crippen LogP contribution in [0.3, 0.4) is 0 Å². The minimum absolute atomic E-state index is 0.484. The van der Waals surface area contributed by atoms with Crippen molar-refractivity contribution in [3.63, 3.8) is 0 Å². The molecule has 2 heterocycles. The van der Waals surface area contributed by atoms with Gasteiger partial charge in [0.2, 0.25) is 0 Å². The van der Waals surface area contributed by atoms with Crippen molar-refractivity contribution in [3.05, 3.63) is 71.8 Å². The zero-order valence-electron chi connectivity index (χ0n) is 14.5. The van der Waals surface area contributed by atoms with Crippen molar-refractivity contribution in [3.8, 4) is 11.5 Å². The summed E-state index contributed by atoms with van der Waals surface area (Å²) in [4.78, 5) is 4.00. The van der Waals surface area contributed by atoms with Crippen LogP contribution in [0.25, 0.3) is 0 Å². The van der Waals surface area contributed by atoms with E-state index in [1.54, 1.807) is 24.2 Å². The molecule has 0 aliphatic heterocycles. The van der Waals surface area contributed by atoms with E-state index in [1.165, 1.54) is 0 Å². The molecule has 0 bridgehead atoms. The van der Waals surface area contributed by atoms with Crippen molar-refractivity contribution >= 4 is 0 Å². The number of ether oxygens (including phenoxy) is 2. The first-order valence-corrected chi connectivity index (χ1v) is 8.11. The smallest absolute Gasteiger partial charge is 0.161 e. The van der Waals surface area contributed by atoms with Crippen LogP contribution < -0.4 is 14.8 Å². The Morgan fingerprint density at radius 2 is 1.80 bits per heavy atom. The zero-order valence-corrected chi connectivity index (χ0v) is 14.5. The summed E-state index contributed by atoms with van der Waals surface area (Å²) in [5.74, 6) is 1.46. The number of hydrogen-bond acceptors (Lipinski definition) is 5. The lowest BCUT2D eigenvalue weighted by atomic mass is 10.2. The van der Waals surface area contributed by atoms with E-state index in [0.717, 1.165) is 41.3 Å². The van der Waals surface area contributed by atoms with E-state index < -0.39 is 0 Å². The Morgan fingerprint density at radius 3 is 2.52 bits per heavy atom. The quantitative estimate of drug-likeness (QED) is 0.684. The molecule has 2 aromatic heterocycles. The number of benzene rings is 1. The van der Waals surface area contributed by atoms with Gasteiger partial charge in [-0.25, -0.2) is 0 Å². The van der Waals surface area contributed by atoms with E-state index in [4.69, 9.17) is 9.47 Å². The molecule has 0 aliphatic carbocycles. The van der Waals surface area contributed by atoms with Gasteiger partial charge in [-0.3, -0.25) is 9.67 Å². The van der Waals surface area contributed by atoms with Crippen LogP contribution in [0.1, 0.15) is 16.7 Å². The van der Waals surface area contributed by atoms with Crippen LogP contribution in [0.2, 0.25) is 0 Å². The zero-order chi connectivity index (χ0) is 17.5. The SMILES string of the molecule is COc1cc(CNCc2cnn(C)c2)ccc1OCc1ccncc1. The molecule has 0 aliphatic rings. The van der Waals surface area contributed by atoms with Gasteiger partial charge in [0.05, 0.1) is 13.3 Å². The van der Waals surface area contributed by atoms with Crippen LogP contribution in [0.5, 0.6) is 11.5 Å². The highest BCUT2D eigenvalue weighted by Gasteiger charge is 2.06. The lowest BCUT2D eigenvalue weighted by molar-refractivity contribution is 0.284. The maximum atomic E-state index is 5.86. The Morgan fingerprint density at radius 1 is 1.00 bits per heavy atom. The van der Waals surface area contributed by atoms with E-state index in [0.29, 0.717) is 6.61 Å². The topological polar surface area (TPSA) is 61.2 Å². The Bertz CT molecular complexity index is 802. The fourth-order valence-electron chi connectivity index (χ4n) is 2.50. The van der Waals surface area contributed by atoms with Crippen molar-refractivity contribution in [1.29, 1.82) is 0 Å². The van der Waals surface area contributed by atoms with Crippen LogP contribution in [0, 0.1) is 0 Å². The van der Waals surface area contributed by atoms with Crippen molar-refractivity contribution in [2.24, 2.45) is 7.05 Å². The minimum atomic E-state index is 0.484. The molecule has 0 fully saturated rings. The number of methoxy groups -OCH3 is 1.